The molecule has 0 bridgehead atoms. The third-order valence-electron chi connectivity index (χ3n) is 3.49. The van der Waals surface area contributed by atoms with Gasteiger partial charge in [-0.15, -0.1) is 0 Å². The van der Waals surface area contributed by atoms with E-state index in [1.807, 2.05) is 30.3 Å². The van der Waals surface area contributed by atoms with Crippen LogP contribution in [0.15, 0.2) is 54.6 Å². The number of benzene rings is 2. The molecule has 5 nitrogen and oxygen atoms in total. The molecule has 0 radical (unpaired) electrons. The summed E-state index contributed by atoms with van der Waals surface area (Å²) in [6.45, 7) is 0. The molecule has 0 spiro atoms. The predicted molar refractivity (Wildman–Crippen MR) is 83.1 cm³/mol. The predicted octanol–water partition coefficient (Wildman–Crippen LogP) is 2.36. The number of carboxylic acid groups (broad SMARTS) is 1. The molecule has 3 N–H and O–H groups in total. The normalized spacial score (nSPS) is 10.7. The maximum atomic E-state index is 11.7. The Labute approximate surface area is 126 Å². The van der Waals surface area contributed by atoms with Gasteiger partial charge in [0.25, 0.3) is 5.91 Å². The molecule has 0 unspecified atom stereocenters. The summed E-state index contributed by atoms with van der Waals surface area (Å²) >= 11 is 0. The minimum absolute atomic E-state index is 0.0705. The minimum Gasteiger partial charge on any atom is -0.481 e. The Morgan fingerprint density at radius 2 is 1.82 bits per heavy atom. The second-order valence-corrected chi connectivity index (χ2v) is 5.03. The number of hydrogen-bond donors (Lipinski definition) is 2. The number of nitrogens with two attached hydrogens (primary N) is 1. The summed E-state index contributed by atoms with van der Waals surface area (Å²) in [5.41, 5.74) is 8.08. The largest absolute Gasteiger partial charge is 0.481 e. The summed E-state index contributed by atoms with van der Waals surface area (Å²) in [4.78, 5) is 22.6. The first-order valence-corrected chi connectivity index (χ1v) is 6.77. The van der Waals surface area contributed by atoms with Gasteiger partial charge in [-0.1, -0.05) is 30.3 Å². The van der Waals surface area contributed by atoms with E-state index < -0.39 is 11.9 Å². The van der Waals surface area contributed by atoms with Gasteiger partial charge in [-0.25, -0.2) is 0 Å². The van der Waals surface area contributed by atoms with Crippen LogP contribution in [0.3, 0.4) is 0 Å². The number of para-hydroxylation sites is 1. The third-order valence-corrected chi connectivity index (χ3v) is 3.49. The Morgan fingerprint density at radius 1 is 1.05 bits per heavy atom. The van der Waals surface area contributed by atoms with Crippen LogP contribution in [0.5, 0.6) is 0 Å². The van der Waals surface area contributed by atoms with Crippen molar-refractivity contribution in [3.05, 3.63) is 65.9 Å². The molecule has 3 rings (SSSR count). The number of aliphatic carboxylic acids is 1. The van der Waals surface area contributed by atoms with E-state index in [2.05, 4.69) is 0 Å². The second kappa shape index (κ2) is 5.37. The summed E-state index contributed by atoms with van der Waals surface area (Å²) < 4.78 is 1.75. The number of carbonyl (C=O) groups excluding carboxylic acids is 1. The van der Waals surface area contributed by atoms with E-state index in [-0.39, 0.29) is 6.42 Å². The summed E-state index contributed by atoms with van der Waals surface area (Å²) in [6, 6.07) is 16.4. The molecule has 0 atom stereocenters. The molecule has 0 saturated heterocycles. The molecule has 22 heavy (non-hydrogen) atoms. The number of amides is 1. The van der Waals surface area contributed by atoms with Crippen molar-refractivity contribution in [1.29, 1.82) is 0 Å². The zero-order valence-electron chi connectivity index (χ0n) is 11.7. The molecule has 1 amide bonds. The molecule has 110 valence electrons. The fourth-order valence-corrected chi connectivity index (χ4v) is 2.59. The van der Waals surface area contributed by atoms with Crippen molar-refractivity contribution in [1.82, 2.24) is 4.57 Å². The number of hydrogen-bond acceptors (Lipinski definition) is 2. The maximum Gasteiger partial charge on any atom is 0.307 e. The number of nitrogens with zero attached hydrogens (tertiary/aromatic N) is 1. The highest BCUT2D eigenvalue weighted by molar-refractivity contribution is 5.99. The average Bonchev–Trinajstić information content (AvgIpc) is 2.86. The SMILES string of the molecule is NC(=O)c1cc2ccccc2n1-c1cccc(CC(=O)O)c1. The Hall–Kier alpha value is -3.08. The molecule has 0 aliphatic rings. The molecule has 0 aliphatic carbocycles. The Bertz CT molecular complexity index is 880. The Balaban J connectivity index is 2.23. The van der Waals surface area contributed by atoms with Crippen LogP contribution in [0.2, 0.25) is 0 Å². The highest BCUT2D eigenvalue weighted by Gasteiger charge is 2.14. The van der Waals surface area contributed by atoms with Gasteiger partial charge in [-0.05, 0) is 29.8 Å². The van der Waals surface area contributed by atoms with E-state index >= 15 is 0 Å². The smallest absolute Gasteiger partial charge is 0.307 e. The van der Waals surface area contributed by atoms with E-state index in [9.17, 15) is 9.59 Å². The van der Waals surface area contributed by atoms with Gasteiger partial charge < -0.3 is 15.4 Å². The number of carbonyl (C=O) groups is 2. The third kappa shape index (κ3) is 2.44. The van der Waals surface area contributed by atoms with Crippen molar-refractivity contribution in [2.24, 2.45) is 5.73 Å². The molecule has 1 heterocycles. The molecule has 0 saturated carbocycles. The van der Waals surface area contributed by atoms with Crippen LogP contribution in [-0.2, 0) is 11.2 Å². The molecule has 2 aromatic carbocycles. The lowest BCUT2D eigenvalue weighted by atomic mass is 10.1. The van der Waals surface area contributed by atoms with Gasteiger partial charge in [0, 0.05) is 11.1 Å². The van der Waals surface area contributed by atoms with Crippen LogP contribution in [0.25, 0.3) is 16.6 Å². The molecular formula is C17H14N2O3. The van der Waals surface area contributed by atoms with Crippen LogP contribution in [0.4, 0.5) is 0 Å². The van der Waals surface area contributed by atoms with Gasteiger partial charge in [0.05, 0.1) is 11.9 Å². The Morgan fingerprint density at radius 3 is 2.55 bits per heavy atom. The van der Waals surface area contributed by atoms with E-state index in [1.54, 1.807) is 28.8 Å². The first-order chi connectivity index (χ1) is 10.6. The van der Waals surface area contributed by atoms with Crippen molar-refractivity contribution in [3.63, 3.8) is 0 Å². The van der Waals surface area contributed by atoms with E-state index in [0.717, 1.165) is 10.9 Å². The van der Waals surface area contributed by atoms with Crippen molar-refractivity contribution < 1.29 is 14.7 Å². The monoisotopic (exact) mass is 294 g/mol. The lowest BCUT2D eigenvalue weighted by molar-refractivity contribution is -0.136. The summed E-state index contributed by atoms with van der Waals surface area (Å²) in [5.74, 6) is -1.43. The first-order valence-electron chi connectivity index (χ1n) is 6.77. The van der Waals surface area contributed by atoms with Crippen LogP contribution in [0, 0.1) is 0 Å². The van der Waals surface area contributed by atoms with Crippen LogP contribution >= 0.6 is 0 Å². The molecule has 3 aromatic rings. The number of fused-ring (bicyclic) bond motifs is 1. The number of carboxylic acids is 1. The van der Waals surface area contributed by atoms with Gasteiger partial charge in [-0.2, -0.15) is 0 Å². The first kappa shape index (κ1) is 13.9. The van der Waals surface area contributed by atoms with Gasteiger partial charge in [-0.3, -0.25) is 9.59 Å². The zero-order valence-corrected chi connectivity index (χ0v) is 11.7. The molecule has 1 aromatic heterocycles. The van der Waals surface area contributed by atoms with E-state index in [0.29, 0.717) is 16.9 Å². The zero-order chi connectivity index (χ0) is 15.7. The molecule has 5 heteroatoms. The molecular weight excluding hydrogens is 280 g/mol. The Kier molecular flexibility index (Phi) is 3.39. The highest BCUT2D eigenvalue weighted by Crippen LogP contribution is 2.24. The quantitative estimate of drug-likeness (QED) is 0.774. The second-order valence-electron chi connectivity index (χ2n) is 5.03. The fourth-order valence-electron chi connectivity index (χ4n) is 2.59. The standard InChI is InChI=1S/C17H14N2O3/c18-17(22)15-10-12-5-1-2-7-14(12)19(15)13-6-3-4-11(8-13)9-16(20)21/h1-8,10H,9H2,(H2,18,22)(H,20,21). The van der Waals surface area contributed by atoms with Gasteiger partial charge >= 0.3 is 5.97 Å². The number of rotatable bonds is 4. The van der Waals surface area contributed by atoms with Gasteiger partial charge in [0.1, 0.15) is 5.69 Å². The fraction of sp³-hybridized carbons (Fsp3) is 0.0588. The van der Waals surface area contributed by atoms with E-state index in [4.69, 9.17) is 10.8 Å². The summed E-state index contributed by atoms with van der Waals surface area (Å²) in [5, 5.41) is 9.82. The van der Waals surface area contributed by atoms with Crippen LogP contribution in [-0.4, -0.2) is 21.6 Å². The van der Waals surface area contributed by atoms with Gasteiger partial charge in [0.15, 0.2) is 0 Å². The van der Waals surface area contributed by atoms with E-state index in [1.165, 1.54) is 0 Å². The average molecular weight is 294 g/mol. The lowest BCUT2D eigenvalue weighted by Gasteiger charge is -2.10. The van der Waals surface area contributed by atoms with Crippen LogP contribution in [0.1, 0.15) is 16.1 Å². The maximum absolute atomic E-state index is 11.7. The number of primary amides is 1. The van der Waals surface area contributed by atoms with Crippen molar-refractivity contribution in [3.8, 4) is 5.69 Å². The highest BCUT2D eigenvalue weighted by atomic mass is 16.4. The summed E-state index contributed by atoms with van der Waals surface area (Å²) in [6.07, 6.45) is -0.0705. The van der Waals surface area contributed by atoms with Crippen LogP contribution < -0.4 is 5.73 Å². The number of aromatic nitrogens is 1. The minimum atomic E-state index is -0.898. The molecule has 0 aliphatic heterocycles. The summed E-state index contributed by atoms with van der Waals surface area (Å²) in [7, 11) is 0. The van der Waals surface area contributed by atoms with Gasteiger partial charge in [0.2, 0.25) is 0 Å². The van der Waals surface area contributed by atoms with Crippen molar-refractivity contribution in [2.45, 2.75) is 6.42 Å². The van der Waals surface area contributed by atoms with Crippen molar-refractivity contribution >= 4 is 22.8 Å². The lowest BCUT2D eigenvalue weighted by Crippen LogP contribution is -2.16. The topological polar surface area (TPSA) is 85.3 Å². The molecule has 0 fully saturated rings. The van der Waals surface area contributed by atoms with Crippen molar-refractivity contribution in [2.75, 3.05) is 0 Å².